The quantitative estimate of drug-likeness (QED) is 0.891. The Morgan fingerprint density at radius 3 is 3.14 bits per heavy atom. The highest BCUT2D eigenvalue weighted by Gasteiger charge is 2.09. The van der Waals surface area contributed by atoms with Gasteiger partial charge in [-0.05, 0) is 41.5 Å². The lowest BCUT2D eigenvalue weighted by molar-refractivity contribution is 0.287. The third-order valence-corrected chi connectivity index (χ3v) is 4.12. The van der Waals surface area contributed by atoms with Crippen LogP contribution in [0.5, 0.6) is 0 Å². The van der Waals surface area contributed by atoms with Crippen LogP contribution in [-0.4, -0.2) is 31.1 Å². The van der Waals surface area contributed by atoms with Gasteiger partial charge in [0.1, 0.15) is 0 Å². The van der Waals surface area contributed by atoms with E-state index in [9.17, 15) is 0 Å². The zero-order valence-corrected chi connectivity index (χ0v) is 10.5. The van der Waals surface area contributed by atoms with Gasteiger partial charge in [-0.25, -0.2) is 0 Å². The Morgan fingerprint density at radius 2 is 2.36 bits per heavy atom. The molecule has 1 aliphatic heterocycles. The topological polar surface area (TPSA) is 15.3 Å². The van der Waals surface area contributed by atoms with Crippen LogP contribution < -0.4 is 5.32 Å². The predicted octanol–water partition coefficient (Wildman–Crippen LogP) is 2.31. The average molecular weight is 275 g/mol. The molecule has 0 saturated carbocycles. The molecule has 0 spiro atoms. The second-order valence-electron chi connectivity index (χ2n) is 3.61. The Kier molecular flexibility index (Phi) is 3.99. The molecule has 0 aromatic carbocycles. The fraction of sp³-hybridized carbons (Fsp3) is 0.600. The number of hydrogen-bond acceptors (Lipinski definition) is 3. The molecule has 1 fully saturated rings. The van der Waals surface area contributed by atoms with Crippen molar-refractivity contribution in [1.82, 2.24) is 10.2 Å². The van der Waals surface area contributed by atoms with E-state index in [2.05, 4.69) is 37.6 Å². The van der Waals surface area contributed by atoms with E-state index in [-0.39, 0.29) is 0 Å². The SMILES string of the molecule is Brc1csc(CN2CCCNCC2)c1. The van der Waals surface area contributed by atoms with E-state index < -0.39 is 0 Å². The lowest BCUT2D eigenvalue weighted by Gasteiger charge is -2.17. The molecule has 4 heteroatoms. The maximum Gasteiger partial charge on any atom is 0.0328 e. The molecule has 2 rings (SSSR count). The van der Waals surface area contributed by atoms with E-state index in [1.54, 1.807) is 0 Å². The second-order valence-corrected chi connectivity index (χ2v) is 5.52. The summed E-state index contributed by atoms with van der Waals surface area (Å²) in [5, 5.41) is 5.58. The van der Waals surface area contributed by atoms with Gasteiger partial charge in [0.05, 0.1) is 0 Å². The van der Waals surface area contributed by atoms with Crippen molar-refractivity contribution in [2.24, 2.45) is 0 Å². The van der Waals surface area contributed by atoms with Gasteiger partial charge in [0.25, 0.3) is 0 Å². The fourth-order valence-corrected chi connectivity index (χ4v) is 3.21. The molecule has 1 aromatic rings. The van der Waals surface area contributed by atoms with Crippen LogP contribution in [0.1, 0.15) is 11.3 Å². The highest BCUT2D eigenvalue weighted by Crippen LogP contribution is 2.21. The van der Waals surface area contributed by atoms with Gasteiger partial charge in [0, 0.05) is 34.4 Å². The summed E-state index contributed by atoms with van der Waals surface area (Å²) in [7, 11) is 0. The van der Waals surface area contributed by atoms with Gasteiger partial charge in [0.15, 0.2) is 0 Å². The average Bonchev–Trinajstić information content (AvgIpc) is 2.43. The number of thiophene rings is 1. The summed E-state index contributed by atoms with van der Waals surface area (Å²) in [6, 6.07) is 2.23. The maximum atomic E-state index is 3.49. The predicted molar refractivity (Wildman–Crippen MR) is 64.8 cm³/mol. The standard InChI is InChI=1S/C10H15BrN2S/c11-9-6-10(14-8-9)7-13-4-1-2-12-3-5-13/h6,8,12H,1-5,7H2. The molecular weight excluding hydrogens is 260 g/mol. The van der Waals surface area contributed by atoms with E-state index in [0.717, 1.165) is 13.1 Å². The number of nitrogens with one attached hydrogen (secondary N) is 1. The van der Waals surface area contributed by atoms with Crippen molar-refractivity contribution >= 4 is 27.3 Å². The first kappa shape index (κ1) is 10.6. The summed E-state index contributed by atoms with van der Waals surface area (Å²) < 4.78 is 1.21. The number of rotatable bonds is 2. The Labute approximate surface area is 97.4 Å². The number of hydrogen-bond donors (Lipinski definition) is 1. The highest BCUT2D eigenvalue weighted by molar-refractivity contribution is 9.10. The first-order valence-electron chi connectivity index (χ1n) is 5.00. The third-order valence-electron chi connectivity index (χ3n) is 2.43. The second kappa shape index (κ2) is 5.26. The largest absolute Gasteiger partial charge is 0.315 e. The summed E-state index contributed by atoms with van der Waals surface area (Å²) in [6.07, 6.45) is 1.27. The zero-order chi connectivity index (χ0) is 9.80. The van der Waals surface area contributed by atoms with Gasteiger partial charge in [-0.2, -0.15) is 0 Å². The lowest BCUT2D eigenvalue weighted by atomic mass is 10.3. The molecule has 78 valence electrons. The molecular formula is C10H15BrN2S. The minimum Gasteiger partial charge on any atom is -0.315 e. The van der Waals surface area contributed by atoms with Crippen molar-refractivity contribution in [1.29, 1.82) is 0 Å². The Hall–Kier alpha value is 0.1000. The fourth-order valence-electron chi connectivity index (χ4n) is 1.72. The normalized spacial score (nSPS) is 19.5. The molecule has 14 heavy (non-hydrogen) atoms. The molecule has 1 N–H and O–H groups in total. The highest BCUT2D eigenvalue weighted by atomic mass is 79.9. The smallest absolute Gasteiger partial charge is 0.0328 e. The van der Waals surface area contributed by atoms with Gasteiger partial charge in [0.2, 0.25) is 0 Å². The van der Waals surface area contributed by atoms with Gasteiger partial charge in [-0.15, -0.1) is 11.3 Å². The molecule has 2 nitrogen and oxygen atoms in total. The number of nitrogens with zero attached hydrogens (tertiary/aromatic N) is 1. The summed E-state index contributed by atoms with van der Waals surface area (Å²) >= 11 is 5.33. The van der Waals surface area contributed by atoms with Crippen LogP contribution in [0, 0.1) is 0 Å². The summed E-state index contributed by atoms with van der Waals surface area (Å²) in [5.74, 6) is 0. The van der Waals surface area contributed by atoms with Crippen LogP contribution in [0.15, 0.2) is 15.9 Å². The van der Waals surface area contributed by atoms with Gasteiger partial charge in [-0.1, -0.05) is 0 Å². The Bertz CT molecular complexity index is 279. The van der Waals surface area contributed by atoms with Crippen LogP contribution in [0.4, 0.5) is 0 Å². The van der Waals surface area contributed by atoms with Crippen LogP contribution in [0.2, 0.25) is 0 Å². The van der Waals surface area contributed by atoms with Crippen LogP contribution >= 0.6 is 27.3 Å². The first-order chi connectivity index (χ1) is 6.84. The van der Waals surface area contributed by atoms with Crippen molar-refractivity contribution in [3.63, 3.8) is 0 Å². The lowest BCUT2D eigenvalue weighted by Crippen LogP contribution is -2.27. The summed E-state index contributed by atoms with van der Waals surface area (Å²) in [6.45, 7) is 5.81. The first-order valence-corrected chi connectivity index (χ1v) is 6.68. The maximum absolute atomic E-state index is 3.49. The van der Waals surface area contributed by atoms with Crippen molar-refractivity contribution in [2.75, 3.05) is 26.2 Å². The number of halogens is 1. The van der Waals surface area contributed by atoms with Crippen molar-refractivity contribution in [3.8, 4) is 0 Å². The van der Waals surface area contributed by atoms with Gasteiger partial charge >= 0.3 is 0 Å². The molecule has 0 aliphatic carbocycles. The summed E-state index contributed by atoms with van der Waals surface area (Å²) in [5.41, 5.74) is 0. The van der Waals surface area contributed by atoms with Crippen LogP contribution in [0.3, 0.4) is 0 Å². The van der Waals surface area contributed by atoms with E-state index in [1.807, 2.05) is 11.3 Å². The molecule has 1 aromatic heterocycles. The van der Waals surface area contributed by atoms with Crippen molar-refractivity contribution in [2.45, 2.75) is 13.0 Å². The minimum absolute atomic E-state index is 1.11. The van der Waals surface area contributed by atoms with E-state index >= 15 is 0 Å². The molecule has 2 heterocycles. The van der Waals surface area contributed by atoms with Gasteiger partial charge < -0.3 is 5.32 Å². The van der Waals surface area contributed by atoms with Crippen molar-refractivity contribution in [3.05, 3.63) is 20.8 Å². The van der Waals surface area contributed by atoms with Crippen LogP contribution in [-0.2, 0) is 6.54 Å². The molecule has 1 saturated heterocycles. The van der Waals surface area contributed by atoms with E-state index in [1.165, 1.54) is 35.4 Å². The minimum atomic E-state index is 1.11. The third kappa shape index (κ3) is 3.05. The zero-order valence-electron chi connectivity index (χ0n) is 8.13. The van der Waals surface area contributed by atoms with E-state index in [4.69, 9.17) is 0 Å². The molecule has 0 bridgehead atoms. The summed E-state index contributed by atoms with van der Waals surface area (Å²) in [4.78, 5) is 3.98. The molecule has 0 amide bonds. The Balaban J connectivity index is 1.89. The Morgan fingerprint density at radius 1 is 1.43 bits per heavy atom. The van der Waals surface area contributed by atoms with Crippen molar-refractivity contribution < 1.29 is 0 Å². The van der Waals surface area contributed by atoms with E-state index in [0.29, 0.717) is 0 Å². The molecule has 0 unspecified atom stereocenters. The van der Waals surface area contributed by atoms with Gasteiger partial charge in [-0.3, -0.25) is 4.90 Å². The molecule has 1 aliphatic rings. The molecule has 0 atom stereocenters. The monoisotopic (exact) mass is 274 g/mol. The molecule has 0 radical (unpaired) electrons. The van der Waals surface area contributed by atoms with Crippen LogP contribution in [0.25, 0.3) is 0 Å².